The van der Waals surface area contributed by atoms with Crippen LogP contribution in [-0.2, 0) is 0 Å². The van der Waals surface area contributed by atoms with Crippen molar-refractivity contribution in [3.63, 3.8) is 0 Å². The molecule has 110 valence electrons. The topological polar surface area (TPSA) is 65.3 Å². The number of benzene rings is 1. The van der Waals surface area contributed by atoms with Crippen LogP contribution in [0.15, 0.2) is 48.8 Å². The molecule has 0 bridgehead atoms. The summed E-state index contributed by atoms with van der Waals surface area (Å²) in [5.41, 5.74) is 1.45. The van der Waals surface area contributed by atoms with Gasteiger partial charge in [0, 0.05) is 12.1 Å². The molecule has 1 N–H and O–H groups in total. The average molecular weight is 286 g/mol. The normalized spacial score (nSPS) is 11.7. The lowest BCUT2D eigenvalue weighted by Crippen LogP contribution is -2.29. The molecule has 0 saturated carbocycles. The molecule has 5 heteroatoms. The third-order valence-corrected chi connectivity index (χ3v) is 3.10. The van der Waals surface area contributed by atoms with Crippen molar-refractivity contribution < 1.29 is 14.3 Å². The first-order chi connectivity index (χ1) is 10.1. The van der Waals surface area contributed by atoms with E-state index in [1.165, 1.54) is 24.5 Å². The summed E-state index contributed by atoms with van der Waals surface area (Å²) in [5.74, 6) is 0.597. The van der Waals surface area contributed by atoms with E-state index < -0.39 is 0 Å². The van der Waals surface area contributed by atoms with Crippen LogP contribution < -0.4 is 14.8 Å². The van der Waals surface area contributed by atoms with Crippen LogP contribution in [-0.4, -0.2) is 12.5 Å². The lowest BCUT2D eigenvalue weighted by atomic mass is 10.1. The molecule has 2 rings (SSSR count). The molecule has 21 heavy (non-hydrogen) atoms. The zero-order valence-electron chi connectivity index (χ0n) is 12.1. The Morgan fingerprint density at radius 3 is 2.43 bits per heavy atom. The summed E-state index contributed by atoms with van der Waals surface area (Å²) >= 11 is 0. The second kappa shape index (κ2) is 6.74. The summed E-state index contributed by atoms with van der Waals surface area (Å²) < 4.78 is 6.03. The summed E-state index contributed by atoms with van der Waals surface area (Å²) in [4.78, 5) is 12.1. The SMILES string of the molecule is CCOc1ccc(C(C)NC(=O)c2cc[n+]([O-])cc2)cc1. The van der Waals surface area contributed by atoms with Gasteiger partial charge in [-0.25, -0.2) is 0 Å². The van der Waals surface area contributed by atoms with Crippen molar-refractivity contribution in [2.24, 2.45) is 0 Å². The van der Waals surface area contributed by atoms with Gasteiger partial charge in [0.25, 0.3) is 5.91 Å². The number of hydrogen-bond donors (Lipinski definition) is 1. The van der Waals surface area contributed by atoms with Gasteiger partial charge in [0.2, 0.25) is 0 Å². The van der Waals surface area contributed by atoms with E-state index in [4.69, 9.17) is 4.74 Å². The van der Waals surface area contributed by atoms with E-state index in [-0.39, 0.29) is 11.9 Å². The van der Waals surface area contributed by atoms with Gasteiger partial charge in [0.05, 0.1) is 18.2 Å². The van der Waals surface area contributed by atoms with Crippen LogP contribution in [0.3, 0.4) is 0 Å². The lowest BCUT2D eigenvalue weighted by Gasteiger charge is -2.15. The molecule has 0 aliphatic rings. The van der Waals surface area contributed by atoms with E-state index in [0.29, 0.717) is 16.9 Å². The minimum atomic E-state index is -0.211. The number of amides is 1. The Morgan fingerprint density at radius 2 is 1.86 bits per heavy atom. The number of rotatable bonds is 5. The molecule has 2 aromatic rings. The maximum atomic E-state index is 12.1. The first-order valence-electron chi connectivity index (χ1n) is 6.82. The van der Waals surface area contributed by atoms with E-state index in [0.717, 1.165) is 11.3 Å². The first-order valence-corrected chi connectivity index (χ1v) is 6.82. The molecular formula is C16H18N2O3. The Hall–Kier alpha value is -2.56. The fourth-order valence-corrected chi connectivity index (χ4v) is 1.95. The van der Waals surface area contributed by atoms with Crippen LogP contribution in [0.2, 0.25) is 0 Å². The Balaban J connectivity index is 2.01. The van der Waals surface area contributed by atoms with E-state index in [1.807, 2.05) is 38.1 Å². The van der Waals surface area contributed by atoms with Crippen LogP contribution in [0, 0.1) is 5.21 Å². The molecule has 0 saturated heterocycles. The molecule has 1 aromatic heterocycles. The van der Waals surface area contributed by atoms with Gasteiger partial charge in [-0.1, -0.05) is 12.1 Å². The second-order valence-electron chi connectivity index (χ2n) is 4.64. The van der Waals surface area contributed by atoms with Crippen LogP contribution in [0.25, 0.3) is 0 Å². The van der Waals surface area contributed by atoms with E-state index in [9.17, 15) is 10.0 Å². The zero-order valence-corrected chi connectivity index (χ0v) is 12.1. The molecule has 5 nitrogen and oxygen atoms in total. The van der Waals surface area contributed by atoms with E-state index in [1.54, 1.807) is 0 Å². The van der Waals surface area contributed by atoms with E-state index in [2.05, 4.69) is 5.32 Å². The predicted octanol–water partition coefficient (Wildman–Crippen LogP) is 2.21. The molecule has 0 aliphatic carbocycles. The van der Waals surface area contributed by atoms with Gasteiger partial charge >= 0.3 is 0 Å². The number of pyridine rings is 1. The van der Waals surface area contributed by atoms with Crippen molar-refractivity contribution >= 4 is 5.91 Å². The molecular weight excluding hydrogens is 268 g/mol. The minimum Gasteiger partial charge on any atom is -0.619 e. The molecule has 1 unspecified atom stereocenters. The molecule has 1 amide bonds. The fourth-order valence-electron chi connectivity index (χ4n) is 1.95. The van der Waals surface area contributed by atoms with Gasteiger partial charge in [-0.2, -0.15) is 4.73 Å². The highest BCUT2D eigenvalue weighted by molar-refractivity contribution is 5.94. The van der Waals surface area contributed by atoms with E-state index >= 15 is 0 Å². The summed E-state index contributed by atoms with van der Waals surface area (Å²) in [6.07, 6.45) is 2.60. The Kier molecular flexibility index (Phi) is 4.77. The van der Waals surface area contributed by atoms with Crippen LogP contribution in [0.1, 0.15) is 35.8 Å². The van der Waals surface area contributed by atoms with Gasteiger partial charge in [-0.15, -0.1) is 0 Å². The van der Waals surface area contributed by atoms with Crippen molar-refractivity contribution in [3.8, 4) is 5.75 Å². The van der Waals surface area contributed by atoms with Gasteiger partial charge in [-0.05, 0) is 31.5 Å². The highest BCUT2D eigenvalue weighted by Gasteiger charge is 2.12. The number of nitrogens with zero attached hydrogens (tertiary/aromatic N) is 1. The molecule has 0 radical (unpaired) electrons. The maximum Gasteiger partial charge on any atom is 0.252 e. The summed E-state index contributed by atoms with van der Waals surface area (Å²) in [6.45, 7) is 4.46. The zero-order chi connectivity index (χ0) is 15.2. The highest BCUT2D eigenvalue weighted by Crippen LogP contribution is 2.18. The van der Waals surface area contributed by atoms with Crippen molar-refractivity contribution in [3.05, 3.63) is 65.1 Å². The monoisotopic (exact) mass is 286 g/mol. The molecule has 1 atom stereocenters. The average Bonchev–Trinajstić information content (AvgIpc) is 2.49. The molecule has 1 heterocycles. The number of nitrogens with one attached hydrogen (secondary N) is 1. The number of ether oxygens (including phenoxy) is 1. The quantitative estimate of drug-likeness (QED) is 0.677. The molecule has 0 aliphatic heterocycles. The van der Waals surface area contributed by atoms with Crippen molar-refractivity contribution in [1.29, 1.82) is 0 Å². The molecule has 0 fully saturated rings. The summed E-state index contributed by atoms with van der Waals surface area (Å²) in [5, 5.41) is 13.8. The van der Waals surface area contributed by atoms with Gasteiger partial charge in [0.1, 0.15) is 5.75 Å². The van der Waals surface area contributed by atoms with Gasteiger partial charge in [0.15, 0.2) is 12.4 Å². The second-order valence-corrected chi connectivity index (χ2v) is 4.64. The number of hydrogen-bond acceptors (Lipinski definition) is 3. The third-order valence-electron chi connectivity index (χ3n) is 3.10. The summed E-state index contributed by atoms with van der Waals surface area (Å²) in [6, 6.07) is 10.5. The number of aromatic nitrogens is 1. The predicted molar refractivity (Wildman–Crippen MR) is 78.9 cm³/mol. The Bertz CT molecular complexity index is 594. The smallest absolute Gasteiger partial charge is 0.252 e. The summed E-state index contributed by atoms with van der Waals surface area (Å²) in [7, 11) is 0. The van der Waals surface area contributed by atoms with Gasteiger partial charge < -0.3 is 15.3 Å². The molecule has 0 spiro atoms. The van der Waals surface area contributed by atoms with Crippen LogP contribution >= 0.6 is 0 Å². The van der Waals surface area contributed by atoms with Gasteiger partial charge in [-0.3, -0.25) is 4.79 Å². The molecule has 1 aromatic carbocycles. The highest BCUT2D eigenvalue weighted by atomic mass is 16.5. The van der Waals surface area contributed by atoms with Crippen molar-refractivity contribution in [1.82, 2.24) is 5.32 Å². The standard InChI is InChI=1S/C16H18N2O3/c1-3-21-15-6-4-13(5-7-15)12(2)17-16(19)14-8-10-18(20)11-9-14/h4-12H,3H2,1-2H3,(H,17,19). The minimum absolute atomic E-state index is 0.132. The number of carbonyl (C=O) groups is 1. The fraction of sp³-hybridized carbons (Fsp3) is 0.250. The lowest BCUT2D eigenvalue weighted by molar-refractivity contribution is -0.605. The largest absolute Gasteiger partial charge is 0.619 e. The van der Waals surface area contributed by atoms with Crippen molar-refractivity contribution in [2.75, 3.05) is 6.61 Å². The Morgan fingerprint density at radius 1 is 1.24 bits per heavy atom. The van der Waals surface area contributed by atoms with Crippen LogP contribution in [0.4, 0.5) is 0 Å². The first kappa shape index (κ1) is 14.8. The van der Waals surface area contributed by atoms with Crippen LogP contribution in [0.5, 0.6) is 5.75 Å². The maximum absolute atomic E-state index is 12.1. The van der Waals surface area contributed by atoms with Crippen molar-refractivity contribution in [2.45, 2.75) is 19.9 Å². The Labute approximate surface area is 123 Å². The number of carbonyl (C=O) groups excluding carboxylic acids is 1. The third kappa shape index (κ3) is 3.95.